The molecular weight excluding hydrogens is 326 g/mol. The van der Waals surface area contributed by atoms with Crippen molar-refractivity contribution in [1.29, 1.82) is 0 Å². The average Bonchev–Trinajstić information content (AvgIpc) is 3.47. The Morgan fingerprint density at radius 1 is 0.926 bits per heavy atom. The molecule has 1 aromatic rings. The smallest absolute Gasteiger partial charge is 0.0132 e. The van der Waals surface area contributed by atoms with E-state index in [0.29, 0.717) is 21.7 Å². The van der Waals surface area contributed by atoms with Crippen molar-refractivity contribution in [3.05, 3.63) is 35.9 Å². The van der Waals surface area contributed by atoms with Gasteiger partial charge in [-0.25, -0.2) is 0 Å². The van der Waals surface area contributed by atoms with Gasteiger partial charge in [0.25, 0.3) is 0 Å². The highest BCUT2D eigenvalue weighted by Crippen LogP contribution is 2.70. The Hall–Kier alpha value is -0.820. The number of rotatable bonds is 3. The van der Waals surface area contributed by atoms with Crippen molar-refractivity contribution in [3.63, 3.8) is 0 Å². The lowest BCUT2D eigenvalue weighted by Crippen LogP contribution is -2.47. The molecule has 1 aliphatic heterocycles. The van der Waals surface area contributed by atoms with E-state index in [-0.39, 0.29) is 0 Å². The largest absolute Gasteiger partial charge is 0.303 e. The van der Waals surface area contributed by atoms with Crippen LogP contribution in [0.4, 0.5) is 0 Å². The van der Waals surface area contributed by atoms with Crippen LogP contribution in [-0.4, -0.2) is 24.5 Å². The molecule has 0 bridgehead atoms. The van der Waals surface area contributed by atoms with Crippen molar-refractivity contribution >= 4 is 0 Å². The van der Waals surface area contributed by atoms with Gasteiger partial charge in [0.2, 0.25) is 0 Å². The first-order valence-corrected chi connectivity index (χ1v) is 11.3. The number of piperidine rings is 1. The second kappa shape index (κ2) is 6.09. The number of nitrogens with zero attached hydrogens (tertiary/aromatic N) is 1. The van der Waals surface area contributed by atoms with Crippen LogP contribution in [0.25, 0.3) is 0 Å². The van der Waals surface area contributed by atoms with Crippen molar-refractivity contribution in [2.75, 3.05) is 13.6 Å². The van der Waals surface area contributed by atoms with E-state index in [4.69, 9.17) is 0 Å². The molecule has 0 N–H and O–H groups in total. The van der Waals surface area contributed by atoms with Crippen molar-refractivity contribution in [2.45, 2.75) is 85.1 Å². The summed E-state index contributed by atoms with van der Waals surface area (Å²) in [7, 11) is 2.40. The normalized spacial score (nSPS) is 36.5. The maximum atomic E-state index is 2.72. The molecular formula is C26H41N. The summed E-state index contributed by atoms with van der Waals surface area (Å²) < 4.78 is 0. The molecule has 0 spiro atoms. The van der Waals surface area contributed by atoms with Crippen LogP contribution in [0.2, 0.25) is 0 Å². The molecule has 1 saturated heterocycles. The lowest BCUT2D eigenvalue weighted by Gasteiger charge is -2.47. The molecule has 1 nitrogen and oxygen atoms in total. The maximum Gasteiger partial charge on any atom is 0.0132 e. The van der Waals surface area contributed by atoms with Crippen LogP contribution in [0.5, 0.6) is 0 Å². The second-order valence-corrected chi connectivity index (χ2v) is 12.1. The van der Waals surface area contributed by atoms with Gasteiger partial charge in [-0.2, -0.15) is 0 Å². The molecule has 0 aromatic heterocycles. The molecule has 2 aliphatic carbocycles. The van der Waals surface area contributed by atoms with Crippen LogP contribution >= 0.6 is 0 Å². The fourth-order valence-corrected chi connectivity index (χ4v) is 7.11. The monoisotopic (exact) mass is 367 g/mol. The highest BCUT2D eigenvalue weighted by Gasteiger charge is 2.66. The van der Waals surface area contributed by atoms with E-state index in [1.165, 1.54) is 38.6 Å². The number of hydrogen-bond acceptors (Lipinski definition) is 1. The van der Waals surface area contributed by atoms with Crippen molar-refractivity contribution in [3.8, 4) is 0 Å². The van der Waals surface area contributed by atoms with Crippen LogP contribution in [-0.2, 0) is 5.41 Å². The third-order valence-corrected chi connectivity index (χ3v) is 9.09. The minimum atomic E-state index is 0.314. The summed E-state index contributed by atoms with van der Waals surface area (Å²) in [5.41, 5.74) is 3.33. The first kappa shape index (κ1) is 19.5. The quantitative estimate of drug-likeness (QED) is 0.587. The zero-order valence-electron chi connectivity index (χ0n) is 18.8. The highest BCUT2D eigenvalue weighted by atomic mass is 15.2. The molecule has 1 aromatic carbocycles. The fraction of sp³-hybridized carbons (Fsp3) is 0.769. The summed E-state index contributed by atoms with van der Waals surface area (Å²) in [6.45, 7) is 16.2. The molecule has 2 saturated carbocycles. The van der Waals surface area contributed by atoms with E-state index in [2.05, 4.69) is 83.8 Å². The maximum absolute atomic E-state index is 2.72. The predicted molar refractivity (Wildman–Crippen MR) is 116 cm³/mol. The summed E-state index contributed by atoms with van der Waals surface area (Å²) in [6.07, 6.45) is 7.12. The van der Waals surface area contributed by atoms with Gasteiger partial charge >= 0.3 is 0 Å². The summed E-state index contributed by atoms with van der Waals surface area (Å²) in [4.78, 5) is 2.72. The Bertz CT molecular complexity index is 672. The number of likely N-dealkylation sites (tertiary alicyclic amines) is 1. The van der Waals surface area contributed by atoms with Crippen LogP contribution in [0.3, 0.4) is 0 Å². The third kappa shape index (κ3) is 2.91. The molecule has 1 heteroatoms. The first-order valence-electron chi connectivity index (χ1n) is 11.3. The number of hydrogen-bond donors (Lipinski definition) is 0. The molecule has 4 unspecified atom stereocenters. The van der Waals surface area contributed by atoms with Gasteiger partial charge < -0.3 is 4.90 Å². The Morgan fingerprint density at radius 3 is 2.07 bits per heavy atom. The van der Waals surface area contributed by atoms with Gasteiger partial charge in [0.05, 0.1) is 0 Å². The third-order valence-electron chi connectivity index (χ3n) is 9.09. The molecule has 4 rings (SSSR count). The molecule has 0 radical (unpaired) electrons. The van der Waals surface area contributed by atoms with Gasteiger partial charge in [-0.1, -0.05) is 71.9 Å². The molecule has 27 heavy (non-hydrogen) atoms. The van der Waals surface area contributed by atoms with E-state index >= 15 is 0 Å². The zero-order chi connectivity index (χ0) is 19.7. The fourth-order valence-electron chi connectivity index (χ4n) is 7.11. The Labute approximate surface area is 167 Å². The van der Waals surface area contributed by atoms with Gasteiger partial charge in [0.1, 0.15) is 0 Å². The van der Waals surface area contributed by atoms with E-state index < -0.39 is 0 Å². The molecule has 3 aliphatic rings. The van der Waals surface area contributed by atoms with E-state index in [9.17, 15) is 0 Å². The van der Waals surface area contributed by atoms with Crippen molar-refractivity contribution in [1.82, 2.24) is 4.90 Å². The Kier molecular flexibility index (Phi) is 4.39. The number of benzene rings is 1. The topological polar surface area (TPSA) is 3.24 Å². The lowest BCUT2D eigenvalue weighted by atomic mass is 9.64. The van der Waals surface area contributed by atoms with Crippen molar-refractivity contribution < 1.29 is 0 Å². The minimum absolute atomic E-state index is 0.314. The second-order valence-electron chi connectivity index (χ2n) is 12.1. The van der Waals surface area contributed by atoms with E-state index in [1.54, 1.807) is 5.56 Å². The predicted octanol–water partition coefficient (Wildman–Crippen LogP) is 6.53. The van der Waals surface area contributed by atoms with Crippen LogP contribution in [0.1, 0.15) is 79.2 Å². The first-order chi connectivity index (χ1) is 12.5. The van der Waals surface area contributed by atoms with E-state index in [0.717, 1.165) is 17.9 Å². The van der Waals surface area contributed by atoms with Gasteiger partial charge in [-0.05, 0) is 79.3 Å². The van der Waals surface area contributed by atoms with Gasteiger partial charge in [0, 0.05) is 11.5 Å². The standard InChI is InChI=1S/C26H41N/c1-23(2,3)25(14-15-25)20-13-16-27(7)22(17-20)21-18-26(21,24(4,5)6)19-11-9-8-10-12-19/h8-12,20-22H,13-18H2,1-7H3. The molecule has 1 heterocycles. The minimum Gasteiger partial charge on any atom is -0.303 e. The zero-order valence-corrected chi connectivity index (χ0v) is 18.8. The summed E-state index contributed by atoms with van der Waals surface area (Å²) in [6, 6.07) is 12.2. The highest BCUT2D eigenvalue weighted by molar-refractivity contribution is 5.38. The molecule has 3 fully saturated rings. The molecule has 4 atom stereocenters. The van der Waals surface area contributed by atoms with Crippen LogP contribution in [0.15, 0.2) is 30.3 Å². The van der Waals surface area contributed by atoms with Gasteiger partial charge in [-0.15, -0.1) is 0 Å². The Morgan fingerprint density at radius 2 is 1.56 bits per heavy atom. The van der Waals surface area contributed by atoms with Crippen LogP contribution < -0.4 is 0 Å². The average molecular weight is 368 g/mol. The summed E-state index contributed by atoms with van der Waals surface area (Å²) in [5.74, 6) is 1.73. The Balaban J connectivity index is 1.61. The summed E-state index contributed by atoms with van der Waals surface area (Å²) in [5, 5.41) is 0. The SMILES string of the molecule is CN1CCC(C2(C(C)(C)C)CC2)CC1C1CC1(c1ccccc1)C(C)(C)C. The molecule has 150 valence electrons. The molecule has 0 amide bonds. The van der Waals surface area contributed by atoms with Crippen LogP contribution in [0, 0.1) is 28.1 Å². The van der Waals surface area contributed by atoms with Gasteiger partial charge in [-0.3, -0.25) is 0 Å². The van der Waals surface area contributed by atoms with E-state index in [1.807, 2.05) is 0 Å². The lowest BCUT2D eigenvalue weighted by molar-refractivity contribution is 0.0316. The van der Waals surface area contributed by atoms with Crippen molar-refractivity contribution in [2.24, 2.45) is 28.1 Å². The summed E-state index contributed by atoms with van der Waals surface area (Å²) >= 11 is 0. The van der Waals surface area contributed by atoms with Gasteiger partial charge in [0.15, 0.2) is 0 Å².